The Morgan fingerprint density at radius 1 is 1.12 bits per heavy atom. The molecule has 0 unspecified atom stereocenters. The maximum Gasteiger partial charge on any atom is 0.160 e. The molecule has 134 valence electrons. The Bertz CT molecular complexity index is 868. The first-order chi connectivity index (χ1) is 12.8. The highest BCUT2D eigenvalue weighted by molar-refractivity contribution is 5.85. The molecule has 0 radical (unpaired) electrons. The zero-order valence-corrected chi connectivity index (χ0v) is 14.7. The van der Waals surface area contributed by atoms with Crippen LogP contribution in [0.5, 0.6) is 0 Å². The minimum atomic E-state index is 0.205. The summed E-state index contributed by atoms with van der Waals surface area (Å²) in [7, 11) is 0. The fraction of sp³-hybridized carbons (Fsp3) is 0.400. The maximum atomic E-state index is 12.5. The molecule has 0 bridgehead atoms. The van der Waals surface area contributed by atoms with Crippen LogP contribution in [0.4, 0.5) is 5.82 Å². The van der Waals surface area contributed by atoms with Gasteiger partial charge in [0, 0.05) is 18.4 Å². The summed E-state index contributed by atoms with van der Waals surface area (Å²) in [6.45, 7) is 0. The van der Waals surface area contributed by atoms with Crippen molar-refractivity contribution in [3.05, 3.63) is 48.4 Å². The topological polar surface area (TPSA) is 83.6 Å². The Hall–Kier alpha value is -2.76. The van der Waals surface area contributed by atoms with Gasteiger partial charge in [-0.2, -0.15) is 5.10 Å². The lowest BCUT2D eigenvalue weighted by Crippen LogP contribution is -2.29. The molecule has 6 nitrogen and oxygen atoms in total. The molecular formula is C20H23N5O. The van der Waals surface area contributed by atoms with Crippen molar-refractivity contribution in [1.82, 2.24) is 20.2 Å². The van der Waals surface area contributed by atoms with E-state index in [0.717, 1.165) is 49.0 Å². The number of rotatable bonds is 6. The molecule has 0 atom stereocenters. The highest BCUT2D eigenvalue weighted by Crippen LogP contribution is 2.29. The van der Waals surface area contributed by atoms with Gasteiger partial charge >= 0.3 is 0 Å². The van der Waals surface area contributed by atoms with Crippen LogP contribution in [0.3, 0.4) is 0 Å². The third-order valence-electron chi connectivity index (χ3n) is 5.27. The van der Waals surface area contributed by atoms with Crippen molar-refractivity contribution >= 4 is 22.6 Å². The predicted molar refractivity (Wildman–Crippen MR) is 101 cm³/mol. The van der Waals surface area contributed by atoms with Gasteiger partial charge in [-0.05, 0) is 37.7 Å². The molecule has 26 heavy (non-hydrogen) atoms. The van der Waals surface area contributed by atoms with E-state index in [1.54, 1.807) is 12.5 Å². The summed E-state index contributed by atoms with van der Waals surface area (Å²) < 4.78 is 0. The third kappa shape index (κ3) is 3.74. The van der Waals surface area contributed by atoms with Crippen molar-refractivity contribution in [2.75, 3.05) is 5.32 Å². The number of nitrogens with one attached hydrogen (secondary N) is 2. The molecule has 1 aliphatic carbocycles. The maximum absolute atomic E-state index is 12.5. The second kappa shape index (κ2) is 7.64. The van der Waals surface area contributed by atoms with Gasteiger partial charge in [-0.1, -0.05) is 30.3 Å². The summed E-state index contributed by atoms with van der Waals surface area (Å²) in [5, 5.41) is 11.3. The summed E-state index contributed by atoms with van der Waals surface area (Å²) in [4.78, 5) is 21.0. The molecule has 3 aromatic rings. The molecule has 1 aromatic carbocycles. The molecule has 1 fully saturated rings. The second-order valence-electron chi connectivity index (χ2n) is 7.00. The number of nitrogens with zero attached hydrogens (tertiary/aromatic N) is 3. The number of fused-ring (bicyclic) bond motifs is 1. The van der Waals surface area contributed by atoms with Gasteiger partial charge < -0.3 is 5.32 Å². The van der Waals surface area contributed by atoms with Crippen molar-refractivity contribution in [3.63, 3.8) is 0 Å². The smallest absolute Gasteiger partial charge is 0.160 e. The molecule has 0 amide bonds. The minimum Gasteiger partial charge on any atom is -0.367 e. The van der Waals surface area contributed by atoms with Crippen LogP contribution in [-0.4, -0.2) is 32.0 Å². The van der Waals surface area contributed by atoms with Gasteiger partial charge in [-0.3, -0.25) is 9.89 Å². The van der Waals surface area contributed by atoms with Gasteiger partial charge in [0.2, 0.25) is 0 Å². The van der Waals surface area contributed by atoms with Crippen molar-refractivity contribution in [1.29, 1.82) is 0 Å². The van der Waals surface area contributed by atoms with Crippen LogP contribution in [0.15, 0.2) is 42.9 Å². The molecule has 0 spiro atoms. The van der Waals surface area contributed by atoms with Gasteiger partial charge in [0.25, 0.3) is 0 Å². The van der Waals surface area contributed by atoms with Gasteiger partial charge in [0.15, 0.2) is 5.65 Å². The highest BCUT2D eigenvalue weighted by Gasteiger charge is 2.26. The second-order valence-corrected chi connectivity index (χ2v) is 7.00. The summed E-state index contributed by atoms with van der Waals surface area (Å²) in [6.07, 6.45) is 8.66. The highest BCUT2D eigenvalue weighted by atomic mass is 16.1. The standard InChI is InChI=1S/C20H23N5O/c26-18(11-6-14-4-2-1-3-5-14)15-7-9-16(10-8-15)24-19-17-12-23-25-20(17)22-13-21-19/h1-5,12-13,15-16H,6-11H2,(H2,21,22,23,24,25)/t15-,16-. The van der Waals surface area contributed by atoms with E-state index in [9.17, 15) is 4.79 Å². The first-order valence-corrected chi connectivity index (χ1v) is 9.27. The average Bonchev–Trinajstić information content (AvgIpc) is 3.17. The largest absolute Gasteiger partial charge is 0.367 e. The van der Waals surface area contributed by atoms with Crippen LogP contribution in [-0.2, 0) is 11.2 Å². The van der Waals surface area contributed by atoms with E-state index in [-0.39, 0.29) is 5.92 Å². The SMILES string of the molecule is O=C(CCc1ccccc1)[C@H]1CC[C@H](Nc2ncnc3[nH]ncc23)CC1. The monoisotopic (exact) mass is 349 g/mol. The van der Waals surface area contributed by atoms with Gasteiger partial charge in [0.1, 0.15) is 17.9 Å². The van der Waals surface area contributed by atoms with Crippen LogP contribution in [0.2, 0.25) is 0 Å². The van der Waals surface area contributed by atoms with E-state index in [4.69, 9.17) is 0 Å². The average molecular weight is 349 g/mol. The quantitative estimate of drug-likeness (QED) is 0.711. The number of carbonyl (C=O) groups excluding carboxylic acids is 1. The zero-order valence-electron chi connectivity index (χ0n) is 14.7. The Kier molecular flexibility index (Phi) is 4.91. The number of aromatic nitrogens is 4. The Morgan fingerprint density at radius 3 is 2.73 bits per heavy atom. The predicted octanol–water partition coefficient (Wildman–Crippen LogP) is 3.53. The molecule has 1 aliphatic rings. The summed E-state index contributed by atoms with van der Waals surface area (Å²) >= 11 is 0. The number of aryl methyl sites for hydroxylation is 1. The van der Waals surface area contributed by atoms with Crippen LogP contribution < -0.4 is 5.32 Å². The first kappa shape index (κ1) is 16.7. The van der Waals surface area contributed by atoms with E-state index in [1.807, 2.05) is 18.2 Å². The number of Topliss-reactive ketones (excluding diaryl/α,β-unsaturated/α-hetero) is 1. The van der Waals surface area contributed by atoms with Crippen molar-refractivity contribution in [3.8, 4) is 0 Å². The van der Waals surface area contributed by atoms with E-state index in [2.05, 4.69) is 37.6 Å². The molecule has 2 heterocycles. The number of anilines is 1. The fourth-order valence-corrected chi connectivity index (χ4v) is 3.75. The van der Waals surface area contributed by atoms with E-state index < -0.39 is 0 Å². The Morgan fingerprint density at radius 2 is 1.92 bits per heavy atom. The number of aromatic amines is 1. The molecule has 2 aromatic heterocycles. The van der Waals surface area contributed by atoms with Crippen molar-refractivity contribution in [2.45, 2.75) is 44.6 Å². The van der Waals surface area contributed by atoms with Gasteiger partial charge in [-0.15, -0.1) is 0 Å². The van der Waals surface area contributed by atoms with Crippen LogP contribution in [0.25, 0.3) is 11.0 Å². The summed E-state index contributed by atoms with van der Waals surface area (Å²) in [5.41, 5.74) is 1.98. The fourth-order valence-electron chi connectivity index (χ4n) is 3.75. The molecule has 4 rings (SSSR count). The molecule has 2 N–H and O–H groups in total. The molecular weight excluding hydrogens is 326 g/mol. The Labute approximate surface area is 152 Å². The van der Waals surface area contributed by atoms with Crippen LogP contribution >= 0.6 is 0 Å². The third-order valence-corrected chi connectivity index (χ3v) is 5.27. The minimum absolute atomic E-state index is 0.205. The number of carbonyl (C=O) groups is 1. The number of hydrogen-bond donors (Lipinski definition) is 2. The van der Waals surface area contributed by atoms with Crippen molar-refractivity contribution < 1.29 is 4.79 Å². The van der Waals surface area contributed by atoms with Crippen LogP contribution in [0, 0.1) is 5.92 Å². The van der Waals surface area contributed by atoms with Gasteiger partial charge in [-0.25, -0.2) is 9.97 Å². The van der Waals surface area contributed by atoms with E-state index in [1.165, 1.54) is 5.56 Å². The first-order valence-electron chi connectivity index (χ1n) is 9.27. The zero-order chi connectivity index (χ0) is 17.8. The number of benzene rings is 1. The molecule has 1 saturated carbocycles. The van der Waals surface area contributed by atoms with Gasteiger partial charge in [0.05, 0.1) is 11.6 Å². The normalized spacial score (nSPS) is 20.2. The number of hydrogen-bond acceptors (Lipinski definition) is 5. The van der Waals surface area contributed by atoms with E-state index in [0.29, 0.717) is 18.2 Å². The summed E-state index contributed by atoms with van der Waals surface area (Å²) in [6, 6.07) is 10.6. The number of H-pyrrole nitrogens is 1. The summed E-state index contributed by atoms with van der Waals surface area (Å²) in [5.74, 6) is 1.44. The lowest BCUT2D eigenvalue weighted by atomic mass is 9.82. The van der Waals surface area contributed by atoms with Crippen molar-refractivity contribution in [2.24, 2.45) is 5.92 Å². The number of ketones is 1. The van der Waals surface area contributed by atoms with Crippen LogP contribution in [0.1, 0.15) is 37.7 Å². The molecule has 0 saturated heterocycles. The molecule has 6 heteroatoms. The lowest BCUT2D eigenvalue weighted by molar-refractivity contribution is -0.123. The molecule has 0 aliphatic heterocycles. The lowest BCUT2D eigenvalue weighted by Gasteiger charge is -2.28. The van der Waals surface area contributed by atoms with E-state index >= 15 is 0 Å². The Balaban J connectivity index is 1.28.